The lowest BCUT2D eigenvalue weighted by atomic mass is 10.0. The maximum atomic E-state index is 12.2. The van der Waals surface area contributed by atoms with Gasteiger partial charge in [0.1, 0.15) is 11.5 Å². The Bertz CT molecular complexity index is 1170. The van der Waals surface area contributed by atoms with E-state index in [0.717, 1.165) is 5.56 Å². The van der Waals surface area contributed by atoms with Crippen molar-refractivity contribution < 1.29 is 18.9 Å². The van der Waals surface area contributed by atoms with Gasteiger partial charge in [-0.2, -0.15) is 0 Å². The lowest BCUT2D eigenvalue weighted by Crippen LogP contribution is -2.05. The number of rotatable bonds is 5. The van der Waals surface area contributed by atoms with Crippen LogP contribution in [0.5, 0.6) is 0 Å². The molecule has 2 aromatic carbocycles. The Morgan fingerprint density at radius 1 is 0.967 bits per heavy atom. The molecule has 0 radical (unpaired) electrons. The van der Waals surface area contributed by atoms with Gasteiger partial charge in [0.2, 0.25) is 5.90 Å². The minimum Gasteiger partial charge on any atom is -0.457 e. The molecule has 0 fully saturated rings. The van der Waals surface area contributed by atoms with Crippen molar-refractivity contribution in [3.05, 3.63) is 93.4 Å². The van der Waals surface area contributed by atoms with E-state index in [1.165, 1.54) is 23.8 Å². The second-order valence-corrected chi connectivity index (χ2v) is 7.12. The van der Waals surface area contributed by atoms with Crippen molar-refractivity contribution in [1.29, 1.82) is 0 Å². The van der Waals surface area contributed by atoms with Gasteiger partial charge in [0.25, 0.3) is 5.69 Å². The molecule has 1 aliphatic rings. The Morgan fingerprint density at radius 3 is 2.27 bits per heavy atom. The average Bonchev–Trinajstić information content (AvgIpc) is 3.35. The Kier molecular flexibility index (Phi) is 5.02. The molecule has 4 rings (SSSR count). The van der Waals surface area contributed by atoms with Crippen molar-refractivity contribution in [3.8, 4) is 11.3 Å². The second-order valence-electron chi connectivity index (χ2n) is 7.12. The minimum atomic E-state index is -0.550. The van der Waals surface area contributed by atoms with Gasteiger partial charge < -0.3 is 9.15 Å². The first-order chi connectivity index (χ1) is 14.4. The van der Waals surface area contributed by atoms with E-state index in [4.69, 9.17) is 9.15 Å². The number of furan rings is 1. The van der Waals surface area contributed by atoms with Gasteiger partial charge in [0, 0.05) is 29.3 Å². The first-order valence-electron chi connectivity index (χ1n) is 9.38. The first-order valence-corrected chi connectivity index (χ1v) is 9.38. The smallest absolute Gasteiger partial charge is 0.363 e. The molecule has 0 spiro atoms. The molecule has 1 aromatic heterocycles. The van der Waals surface area contributed by atoms with Crippen molar-refractivity contribution >= 4 is 23.6 Å². The van der Waals surface area contributed by atoms with E-state index in [-0.39, 0.29) is 17.3 Å². The number of carbonyl (C=O) groups is 1. The van der Waals surface area contributed by atoms with Crippen LogP contribution in [0.1, 0.15) is 36.7 Å². The predicted octanol–water partition coefficient (Wildman–Crippen LogP) is 5.32. The summed E-state index contributed by atoms with van der Waals surface area (Å²) in [6, 6.07) is 17.2. The highest BCUT2D eigenvalue weighted by Crippen LogP contribution is 2.27. The van der Waals surface area contributed by atoms with E-state index >= 15 is 0 Å². The topological polar surface area (TPSA) is 94.9 Å². The molecule has 30 heavy (non-hydrogen) atoms. The lowest BCUT2D eigenvalue weighted by molar-refractivity contribution is -0.384. The summed E-state index contributed by atoms with van der Waals surface area (Å²) in [5.74, 6) is 1.06. The quantitative estimate of drug-likeness (QED) is 0.249. The van der Waals surface area contributed by atoms with Gasteiger partial charge in [0.05, 0.1) is 4.92 Å². The number of hydrogen-bond donors (Lipinski definition) is 0. The maximum absolute atomic E-state index is 12.2. The Morgan fingerprint density at radius 2 is 1.63 bits per heavy atom. The number of nitrogens with zero attached hydrogens (tertiary/aromatic N) is 2. The first kappa shape index (κ1) is 19.3. The monoisotopic (exact) mass is 402 g/mol. The summed E-state index contributed by atoms with van der Waals surface area (Å²) >= 11 is 0. The van der Waals surface area contributed by atoms with Crippen molar-refractivity contribution in [2.24, 2.45) is 4.99 Å². The fraction of sp³-hybridized carbons (Fsp3) is 0.130. The van der Waals surface area contributed by atoms with Gasteiger partial charge in [0.15, 0.2) is 5.70 Å². The van der Waals surface area contributed by atoms with E-state index in [0.29, 0.717) is 23.0 Å². The van der Waals surface area contributed by atoms with Crippen molar-refractivity contribution in [1.82, 2.24) is 0 Å². The number of benzene rings is 2. The number of esters is 1. The highest BCUT2D eigenvalue weighted by Gasteiger charge is 2.24. The normalized spacial score (nSPS) is 14.8. The highest BCUT2D eigenvalue weighted by atomic mass is 16.6. The molecule has 7 heteroatoms. The van der Waals surface area contributed by atoms with Gasteiger partial charge in [-0.1, -0.05) is 26.0 Å². The molecule has 0 N–H and O–H groups in total. The van der Waals surface area contributed by atoms with Crippen LogP contribution in [0.2, 0.25) is 0 Å². The maximum Gasteiger partial charge on any atom is 0.363 e. The number of ether oxygens (including phenoxy) is 1. The third-order valence-electron chi connectivity index (χ3n) is 4.71. The van der Waals surface area contributed by atoms with Crippen LogP contribution in [0, 0.1) is 10.1 Å². The van der Waals surface area contributed by atoms with E-state index in [9.17, 15) is 14.9 Å². The molecule has 150 valence electrons. The average molecular weight is 402 g/mol. The molecule has 0 saturated carbocycles. The molecule has 1 aliphatic heterocycles. The second kappa shape index (κ2) is 7.79. The molecule has 0 aliphatic carbocycles. The molecule has 0 atom stereocenters. The van der Waals surface area contributed by atoms with E-state index in [1.54, 1.807) is 24.3 Å². The number of nitro groups is 1. The van der Waals surface area contributed by atoms with E-state index < -0.39 is 10.9 Å². The van der Waals surface area contributed by atoms with Crippen LogP contribution < -0.4 is 0 Å². The third kappa shape index (κ3) is 3.91. The zero-order chi connectivity index (χ0) is 21.3. The number of hydrogen-bond acceptors (Lipinski definition) is 6. The number of carbonyl (C=O) groups excluding carboxylic acids is 1. The molecule has 3 aromatic rings. The Hall–Kier alpha value is -4.00. The predicted molar refractivity (Wildman–Crippen MR) is 112 cm³/mol. The minimum absolute atomic E-state index is 0.00430. The highest BCUT2D eigenvalue weighted by molar-refractivity contribution is 6.12. The summed E-state index contributed by atoms with van der Waals surface area (Å²) in [4.78, 5) is 26.8. The molecule has 0 saturated heterocycles. The van der Waals surface area contributed by atoms with Gasteiger partial charge in [-0.3, -0.25) is 10.1 Å². The van der Waals surface area contributed by atoms with E-state index in [2.05, 4.69) is 18.8 Å². The summed E-state index contributed by atoms with van der Waals surface area (Å²) in [5, 5.41) is 10.8. The van der Waals surface area contributed by atoms with Gasteiger partial charge in [-0.05, 0) is 47.9 Å². The van der Waals surface area contributed by atoms with Crippen molar-refractivity contribution in [2.75, 3.05) is 0 Å². The molecule has 7 nitrogen and oxygen atoms in total. The van der Waals surface area contributed by atoms with Crippen LogP contribution in [-0.4, -0.2) is 16.8 Å². The van der Waals surface area contributed by atoms with Crippen molar-refractivity contribution in [2.45, 2.75) is 19.8 Å². The Balaban J connectivity index is 1.56. The molecule has 0 unspecified atom stereocenters. The van der Waals surface area contributed by atoms with Crippen LogP contribution >= 0.6 is 0 Å². The summed E-state index contributed by atoms with van der Waals surface area (Å²) in [6.45, 7) is 4.22. The van der Waals surface area contributed by atoms with Crippen LogP contribution in [-0.2, 0) is 9.53 Å². The zero-order valence-electron chi connectivity index (χ0n) is 16.4. The summed E-state index contributed by atoms with van der Waals surface area (Å²) in [6.07, 6.45) is 1.51. The molecular weight excluding hydrogens is 384 g/mol. The number of aliphatic imine (C=N–C) groups is 1. The molecule has 0 amide bonds. The fourth-order valence-corrected chi connectivity index (χ4v) is 3.01. The number of non-ortho nitro benzene ring substituents is 1. The Labute approximate surface area is 172 Å². The summed E-state index contributed by atoms with van der Waals surface area (Å²) in [7, 11) is 0. The summed E-state index contributed by atoms with van der Waals surface area (Å²) in [5.41, 5.74) is 2.75. The van der Waals surface area contributed by atoms with Crippen LogP contribution in [0.25, 0.3) is 17.4 Å². The van der Waals surface area contributed by atoms with Crippen LogP contribution in [0.4, 0.5) is 5.69 Å². The number of cyclic esters (lactones) is 1. The standard InChI is InChI=1S/C23H18N2O5/c1-14(2)15-3-5-17(6-4-15)22-24-20(23(26)30-22)13-19-11-12-21(29-19)16-7-9-18(10-8-16)25(27)28/h3-14H,1-2H3/b20-13-. The zero-order valence-corrected chi connectivity index (χ0v) is 16.4. The van der Waals surface area contributed by atoms with Crippen LogP contribution in [0.3, 0.4) is 0 Å². The summed E-state index contributed by atoms with van der Waals surface area (Å²) < 4.78 is 11.0. The lowest BCUT2D eigenvalue weighted by Gasteiger charge is -2.05. The largest absolute Gasteiger partial charge is 0.457 e. The molecule has 2 heterocycles. The third-order valence-corrected chi connectivity index (χ3v) is 4.71. The fourth-order valence-electron chi connectivity index (χ4n) is 3.01. The van der Waals surface area contributed by atoms with E-state index in [1.807, 2.05) is 24.3 Å². The molecule has 0 bridgehead atoms. The van der Waals surface area contributed by atoms with Crippen molar-refractivity contribution in [3.63, 3.8) is 0 Å². The number of nitro benzene ring substituents is 1. The van der Waals surface area contributed by atoms with Gasteiger partial charge >= 0.3 is 5.97 Å². The van der Waals surface area contributed by atoms with Gasteiger partial charge in [-0.15, -0.1) is 0 Å². The molecular formula is C23H18N2O5. The van der Waals surface area contributed by atoms with Crippen LogP contribution in [0.15, 0.2) is 75.8 Å². The van der Waals surface area contributed by atoms with Gasteiger partial charge in [-0.25, -0.2) is 9.79 Å². The SMILES string of the molecule is CC(C)c1ccc(C2=N/C(=C\c3ccc(-c4ccc([N+](=O)[O-])cc4)o3)C(=O)O2)cc1.